The summed E-state index contributed by atoms with van der Waals surface area (Å²) in [7, 11) is 0. The highest BCUT2D eigenvalue weighted by atomic mass is 19.1. The van der Waals surface area contributed by atoms with E-state index >= 15 is 0 Å². The third-order valence-corrected chi connectivity index (χ3v) is 4.46. The monoisotopic (exact) mass is 360 g/mol. The van der Waals surface area contributed by atoms with Crippen LogP contribution < -0.4 is 11.1 Å². The van der Waals surface area contributed by atoms with E-state index in [1.54, 1.807) is 18.2 Å². The first-order valence-electron chi connectivity index (χ1n) is 8.69. The molecule has 5 N–H and O–H groups in total. The number of phenols is 1. The van der Waals surface area contributed by atoms with Crippen molar-refractivity contribution in [3.05, 3.63) is 65.0 Å². The van der Waals surface area contributed by atoms with Gasteiger partial charge in [0.1, 0.15) is 11.6 Å². The number of aliphatic hydroxyl groups is 1. The standard InChI is InChI=1S/C20H25FN2O3/c1-2-16(9-5-13-3-7-15(21)8-4-13)23-12-19(25)14-6-10-18(24)17(11-14)20(22)26/h3-4,6-8,10-11,16,19,23-25H,2,5,9,12H2,1H3,(H2,22,26). The minimum Gasteiger partial charge on any atom is -0.507 e. The van der Waals surface area contributed by atoms with Gasteiger partial charge in [0.2, 0.25) is 0 Å². The van der Waals surface area contributed by atoms with E-state index < -0.39 is 12.0 Å². The van der Waals surface area contributed by atoms with Crippen LogP contribution in [-0.2, 0) is 6.42 Å². The van der Waals surface area contributed by atoms with Crippen LogP contribution >= 0.6 is 0 Å². The van der Waals surface area contributed by atoms with Crippen LogP contribution in [0.2, 0.25) is 0 Å². The zero-order valence-electron chi connectivity index (χ0n) is 14.8. The summed E-state index contributed by atoms with van der Waals surface area (Å²) in [5.74, 6) is -1.19. The summed E-state index contributed by atoms with van der Waals surface area (Å²) in [6.45, 7) is 2.37. The van der Waals surface area contributed by atoms with Crippen LogP contribution in [0.3, 0.4) is 0 Å². The molecule has 0 saturated carbocycles. The van der Waals surface area contributed by atoms with Gasteiger partial charge in [-0.3, -0.25) is 4.79 Å². The van der Waals surface area contributed by atoms with Crippen molar-refractivity contribution in [3.8, 4) is 5.75 Å². The Morgan fingerprint density at radius 3 is 2.54 bits per heavy atom. The lowest BCUT2D eigenvalue weighted by atomic mass is 10.0. The highest BCUT2D eigenvalue weighted by Gasteiger charge is 2.15. The molecule has 140 valence electrons. The molecule has 0 aliphatic heterocycles. The molecule has 0 bridgehead atoms. The van der Waals surface area contributed by atoms with Gasteiger partial charge in [-0.15, -0.1) is 0 Å². The Bertz CT molecular complexity index is 734. The lowest BCUT2D eigenvalue weighted by Gasteiger charge is -2.20. The number of aryl methyl sites for hydroxylation is 1. The van der Waals surface area contributed by atoms with Crippen LogP contribution in [0.25, 0.3) is 0 Å². The summed E-state index contributed by atoms with van der Waals surface area (Å²) in [5.41, 5.74) is 6.78. The first-order valence-corrected chi connectivity index (χ1v) is 8.69. The van der Waals surface area contributed by atoms with Crippen molar-refractivity contribution < 1.29 is 19.4 Å². The maximum absolute atomic E-state index is 12.9. The van der Waals surface area contributed by atoms with Gasteiger partial charge in [0.25, 0.3) is 5.91 Å². The molecule has 26 heavy (non-hydrogen) atoms. The van der Waals surface area contributed by atoms with Gasteiger partial charge in [-0.05, 0) is 54.7 Å². The largest absolute Gasteiger partial charge is 0.507 e. The molecule has 5 nitrogen and oxygen atoms in total. The van der Waals surface area contributed by atoms with Gasteiger partial charge in [-0.2, -0.15) is 0 Å². The Kier molecular flexibility index (Phi) is 7.12. The minimum absolute atomic E-state index is 0.00935. The summed E-state index contributed by atoms with van der Waals surface area (Å²) in [6, 6.07) is 11.0. The van der Waals surface area contributed by atoms with Gasteiger partial charge in [0, 0.05) is 12.6 Å². The van der Waals surface area contributed by atoms with Crippen molar-refractivity contribution in [2.75, 3.05) is 6.54 Å². The predicted molar refractivity (Wildman–Crippen MR) is 98.4 cm³/mol. The Morgan fingerprint density at radius 1 is 1.23 bits per heavy atom. The molecule has 0 spiro atoms. The van der Waals surface area contributed by atoms with Crippen LogP contribution in [0, 0.1) is 5.82 Å². The molecule has 2 atom stereocenters. The Morgan fingerprint density at radius 2 is 1.92 bits per heavy atom. The molecule has 2 aromatic carbocycles. The summed E-state index contributed by atoms with van der Waals surface area (Å²) in [5, 5.41) is 23.3. The summed E-state index contributed by atoms with van der Waals surface area (Å²) >= 11 is 0. The Balaban J connectivity index is 1.89. The Labute approximate surface area is 152 Å². The summed E-state index contributed by atoms with van der Waals surface area (Å²) in [4.78, 5) is 11.3. The van der Waals surface area contributed by atoms with E-state index in [0.29, 0.717) is 12.1 Å². The number of rotatable bonds is 9. The van der Waals surface area contributed by atoms with E-state index in [2.05, 4.69) is 12.2 Å². The molecular weight excluding hydrogens is 335 g/mol. The number of nitrogens with two attached hydrogens (primary N) is 1. The molecular formula is C20H25FN2O3. The van der Waals surface area contributed by atoms with Crippen LogP contribution in [-0.4, -0.2) is 28.7 Å². The maximum atomic E-state index is 12.9. The average molecular weight is 360 g/mol. The Hall–Kier alpha value is -2.44. The van der Waals surface area contributed by atoms with Crippen LogP contribution in [0.15, 0.2) is 42.5 Å². The number of primary amides is 1. The molecule has 6 heteroatoms. The summed E-state index contributed by atoms with van der Waals surface area (Å²) in [6.07, 6.45) is 1.73. The number of amides is 1. The van der Waals surface area contributed by atoms with E-state index in [-0.39, 0.29) is 23.2 Å². The highest BCUT2D eigenvalue weighted by molar-refractivity contribution is 5.95. The van der Waals surface area contributed by atoms with E-state index in [0.717, 1.165) is 24.8 Å². The quantitative estimate of drug-likeness (QED) is 0.553. The molecule has 0 heterocycles. The number of hydrogen-bond acceptors (Lipinski definition) is 4. The second kappa shape index (κ2) is 9.31. The molecule has 0 fully saturated rings. The number of benzene rings is 2. The average Bonchev–Trinajstić information content (AvgIpc) is 2.63. The molecule has 0 radical (unpaired) electrons. The van der Waals surface area contributed by atoms with Gasteiger partial charge in [0.15, 0.2) is 0 Å². The third-order valence-electron chi connectivity index (χ3n) is 4.46. The molecule has 0 aliphatic rings. The van der Waals surface area contributed by atoms with Crippen molar-refractivity contribution in [3.63, 3.8) is 0 Å². The van der Waals surface area contributed by atoms with Gasteiger partial charge >= 0.3 is 0 Å². The smallest absolute Gasteiger partial charge is 0.252 e. The van der Waals surface area contributed by atoms with Crippen LogP contribution in [0.1, 0.15) is 47.4 Å². The van der Waals surface area contributed by atoms with Crippen LogP contribution in [0.5, 0.6) is 5.75 Å². The molecule has 1 amide bonds. The first kappa shape index (κ1) is 19.9. The van der Waals surface area contributed by atoms with Gasteiger partial charge in [0.05, 0.1) is 11.7 Å². The number of nitrogens with one attached hydrogen (secondary N) is 1. The van der Waals surface area contributed by atoms with Gasteiger partial charge in [-0.1, -0.05) is 25.1 Å². The molecule has 0 aromatic heterocycles. The number of aromatic hydroxyl groups is 1. The molecule has 2 aromatic rings. The van der Waals surface area contributed by atoms with Gasteiger partial charge < -0.3 is 21.3 Å². The zero-order chi connectivity index (χ0) is 19.1. The molecule has 2 unspecified atom stereocenters. The van der Waals surface area contributed by atoms with E-state index in [1.165, 1.54) is 24.3 Å². The molecule has 0 saturated heterocycles. The normalized spacial score (nSPS) is 13.3. The fourth-order valence-electron chi connectivity index (χ4n) is 2.80. The number of halogens is 1. The number of hydrogen-bond donors (Lipinski definition) is 4. The van der Waals surface area contributed by atoms with E-state index in [9.17, 15) is 19.4 Å². The van der Waals surface area contributed by atoms with Gasteiger partial charge in [-0.25, -0.2) is 4.39 Å². The fourth-order valence-corrected chi connectivity index (χ4v) is 2.80. The van der Waals surface area contributed by atoms with Crippen molar-refractivity contribution in [1.82, 2.24) is 5.32 Å². The zero-order valence-corrected chi connectivity index (χ0v) is 14.8. The topological polar surface area (TPSA) is 95.6 Å². The first-order chi connectivity index (χ1) is 12.4. The second-order valence-electron chi connectivity index (χ2n) is 6.34. The second-order valence-corrected chi connectivity index (χ2v) is 6.34. The van der Waals surface area contributed by atoms with E-state index in [4.69, 9.17) is 5.73 Å². The highest BCUT2D eigenvalue weighted by Crippen LogP contribution is 2.22. The predicted octanol–water partition coefficient (Wildman–Crippen LogP) is 2.66. The lowest BCUT2D eigenvalue weighted by Crippen LogP contribution is -2.32. The van der Waals surface area contributed by atoms with Crippen molar-refractivity contribution >= 4 is 5.91 Å². The minimum atomic E-state index is -0.825. The maximum Gasteiger partial charge on any atom is 0.252 e. The fraction of sp³-hybridized carbons (Fsp3) is 0.350. The SMILES string of the molecule is CCC(CCc1ccc(F)cc1)NCC(O)c1ccc(O)c(C(N)=O)c1. The molecule has 0 aliphatic carbocycles. The molecule has 2 rings (SSSR count). The van der Waals surface area contributed by atoms with Crippen molar-refractivity contribution in [1.29, 1.82) is 0 Å². The lowest BCUT2D eigenvalue weighted by molar-refractivity contribution is 0.0997. The van der Waals surface area contributed by atoms with Crippen molar-refractivity contribution in [2.24, 2.45) is 5.73 Å². The third kappa shape index (κ3) is 5.54. The number of aliphatic hydroxyl groups excluding tert-OH is 1. The van der Waals surface area contributed by atoms with Crippen molar-refractivity contribution in [2.45, 2.75) is 38.3 Å². The number of carbonyl (C=O) groups is 1. The number of carbonyl (C=O) groups excluding carboxylic acids is 1. The summed E-state index contributed by atoms with van der Waals surface area (Å²) < 4.78 is 12.9. The van der Waals surface area contributed by atoms with Crippen LogP contribution in [0.4, 0.5) is 4.39 Å². The van der Waals surface area contributed by atoms with E-state index in [1.807, 2.05) is 0 Å².